The van der Waals surface area contributed by atoms with Crippen LogP contribution in [0, 0.1) is 0 Å². The molecule has 0 aliphatic carbocycles. The number of hydrogen-bond acceptors (Lipinski definition) is 3. The fraction of sp³-hybridized carbons (Fsp3) is 0.400. The summed E-state index contributed by atoms with van der Waals surface area (Å²) in [7, 11) is 1.30. The number of aliphatic hydroxyl groups is 1. The Balaban J connectivity index is 3.37. The highest BCUT2D eigenvalue weighted by Crippen LogP contribution is 2.41. The molecule has 0 amide bonds. The summed E-state index contributed by atoms with van der Waals surface area (Å²) < 4.78 is 38.7. The number of rotatable bonds is 3. The summed E-state index contributed by atoms with van der Waals surface area (Å²) in [6.07, 6.45) is -4.85. The number of nitrogens with two attached hydrogens (primary N) is 1. The fourth-order valence-corrected chi connectivity index (χ4v) is 1.66. The zero-order valence-electron chi connectivity index (χ0n) is 8.98. The molecular weight excluding hydrogens is 257 g/mol. The van der Waals surface area contributed by atoms with Gasteiger partial charge in [-0.3, -0.25) is 0 Å². The molecule has 7 heteroatoms. The third-order valence-electron chi connectivity index (χ3n) is 2.36. The second-order valence-electron chi connectivity index (χ2n) is 3.62. The van der Waals surface area contributed by atoms with Crippen LogP contribution in [0.4, 0.5) is 18.9 Å². The molecule has 0 heterocycles. The van der Waals surface area contributed by atoms with E-state index >= 15 is 0 Å². The Kier molecular flexibility index (Phi) is 3.91. The van der Waals surface area contributed by atoms with E-state index in [1.54, 1.807) is 0 Å². The van der Waals surface area contributed by atoms with E-state index in [-0.39, 0.29) is 10.7 Å². The average molecular weight is 269 g/mol. The van der Waals surface area contributed by atoms with E-state index < -0.39 is 23.9 Å². The van der Waals surface area contributed by atoms with Crippen LogP contribution in [0.15, 0.2) is 18.2 Å². The molecule has 3 nitrogen and oxygen atoms in total. The summed E-state index contributed by atoms with van der Waals surface area (Å²) in [5.41, 5.74) is 1.78. The third kappa shape index (κ3) is 2.65. The second kappa shape index (κ2) is 4.72. The minimum atomic E-state index is -4.85. The van der Waals surface area contributed by atoms with Crippen LogP contribution in [0.25, 0.3) is 0 Å². The number of nitrogens with one attached hydrogen (secondary N) is 1. The lowest BCUT2D eigenvalue weighted by molar-refractivity contribution is -0.263. The fourth-order valence-electron chi connectivity index (χ4n) is 1.49. The topological polar surface area (TPSA) is 58.3 Å². The van der Waals surface area contributed by atoms with Crippen LogP contribution < -0.4 is 11.1 Å². The molecule has 0 radical (unpaired) electrons. The first-order chi connectivity index (χ1) is 7.72. The van der Waals surface area contributed by atoms with Crippen LogP contribution >= 0.6 is 11.6 Å². The van der Waals surface area contributed by atoms with Gasteiger partial charge in [0, 0.05) is 22.8 Å². The number of nitrogen functional groups attached to an aromatic ring is 1. The summed E-state index contributed by atoms with van der Waals surface area (Å²) in [5.74, 6) is 0. The monoisotopic (exact) mass is 268 g/mol. The van der Waals surface area contributed by atoms with Gasteiger partial charge in [0.25, 0.3) is 0 Å². The molecule has 0 fully saturated rings. The third-order valence-corrected chi connectivity index (χ3v) is 2.60. The number of anilines is 1. The highest BCUT2D eigenvalue weighted by Gasteiger charge is 2.55. The van der Waals surface area contributed by atoms with E-state index in [0.29, 0.717) is 0 Å². The van der Waals surface area contributed by atoms with Crippen LogP contribution in [-0.4, -0.2) is 24.9 Å². The standard InChI is InChI=1S/C10H12ClF3N2O/c1-16-5-9(17,10(12,13)14)7-4-6(11)2-3-8(7)15/h2-4,16-17H,5,15H2,1H3. The maximum absolute atomic E-state index is 12.9. The van der Waals surface area contributed by atoms with Crippen molar-refractivity contribution in [3.63, 3.8) is 0 Å². The van der Waals surface area contributed by atoms with Gasteiger partial charge in [-0.05, 0) is 25.2 Å². The van der Waals surface area contributed by atoms with Gasteiger partial charge in [0.15, 0.2) is 5.60 Å². The van der Waals surface area contributed by atoms with Gasteiger partial charge < -0.3 is 16.2 Å². The molecule has 0 spiro atoms. The molecule has 1 atom stereocenters. The molecule has 0 aliphatic heterocycles. The van der Waals surface area contributed by atoms with Gasteiger partial charge in [-0.2, -0.15) is 13.2 Å². The Morgan fingerprint density at radius 3 is 2.47 bits per heavy atom. The lowest BCUT2D eigenvalue weighted by atomic mass is 9.91. The molecule has 0 saturated heterocycles. The van der Waals surface area contributed by atoms with Gasteiger partial charge in [0.05, 0.1) is 0 Å². The zero-order chi connectivity index (χ0) is 13.3. The lowest BCUT2D eigenvalue weighted by Gasteiger charge is -2.31. The van der Waals surface area contributed by atoms with Crippen molar-refractivity contribution in [3.8, 4) is 0 Å². The van der Waals surface area contributed by atoms with Gasteiger partial charge in [-0.15, -0.1) is 0 Å². The molecule has 1 aromatic rings. The summed E-state index contributed by atoms with van der Waals surface area (Å²) in [5, 5.41) is 12.2. The smallest absolute Gasteiger partial charge is 0.398 e. The molecule has 0 bridgehead atoms. The van der Waals surface area contributed by atoms with Crippen molar-refractivity contribution in [1.82, 2.24) is 5.32 Å². The Hall–Kier alpha value is -0.980. The van der Waals surface area contributed by atoms with Crippen molar-refractivity contribution in [2.75, 3.05) is 19.3 Å². The summed E-state index contributed by atoms with van der Waals surface area (Å²) >= 11 is 5.62. The van der Waals surface area contributed by atoms with Gasteiger partial charge in [-0.1, -0.05) is 11.6 Å². The molecule has 0 aliphatic rings. The van der Waals surface area contributed by atoms with Crippen molar-refractivity contribution in [2.24, 2.45) is 0 Å². The van der Waals surface area contributed by atoms with E-state index in [2.05, 4.69) is 5.32 Å². The first kappa shape index (κ1) is 14.1. The second-order valence-corrected chi connectivity index (χ2v) is 4.06. The van der Waals surface area contributed by atoms with E-state index in [9.17, 15) is 18.3 Å². The predicted molar refractivity (Wildman–Crippen MR) is 59.7 cm³/mol. The number of hydrogen-bond donors (Lipinski definition) is 3. The van der Waals surface area contributed by atoms with Crippen LogP contribution in [0.1, 0.15) is 5.56 Å². The van der Waals surface area contributed by atoms with Crippen molar-refractivity contribution >= 4 is 17.3 Å². The van der Waals surface area contributed by atoms with Crippen LogP contribution in [0.5, 0.6) is 0 Å². The molecule has 1 unspecified atom stereocenters. The first-order valence-electron chi connectivity index (χ1n) is 4.71. The van der Waals surface area contributed by atoms with Gasteiger partial charge in [0.2, 0.25) is 0 Å². The largest absolute Gasteiger partial charge is 0.422 e. The van der Waals surface area contributed by atoms with E-state index in [0.717, 1.165) is 6.07 Å². The SMILES string of the molecule is CNCC(O)(c1cc(Cl)ccc1N)C(F)(F)F. The summed E-state index contributed by atoms with van der Waals surface area (Å²) in [6, 6.07) is 3.60. The maximum atomic E-state index is 12.9. The summed E-state index contributed by atoms with van der Waals surface area (Å²) in [6.45, 7) is -0.707. The van der Waals surface area contributed by atoms with E-state index in [1.807, 2.05) is 0 Å². The normalized spacial score (nSPS) is 15.6. The molecule has 4 N–H and O–H groups in total. The Morgan fingerprint density at radius 2 is 2.00 bits per heavy atom. The van der Waals surface area contributed by atoms with Crippen molar-refractivity contribution < 1.29 is 18.3 Å². The Bertz CT molecular complexity index is 411. The molecule has 1 aromatic carbocycles. The van der Waals surface area contributed by atoms with Crippen molar-refractivity contribution in [3.05, 3.63) is 28.8 Å². The van der Waals surface area contributed by atoms with E-state index in [1.165, 1.54) is 19.2 Å². The average Bonchev–Trinajstić information content (AvgIpc) is 2.20. The highest BCUT2D eigenvalue weighted by atomic mass is 35.5. The quantitative estimate of drug-likeness (QED) is 0.734. The highest BCUT2D eigenvalue weighted by molar-refractivity contribution is 6.30. The minimum Gasteiger partial charge on any atom is -0.398 e. The zero-order valence-corrected chi connectivity index (χ0v) is 9.73. The molecule has 1 rings (SSSR count). The molecule has 0 saturated carbocycles. The number of halogens is 4. The molecular formula is C10H12ClF3N2O. The number of alkyl halides is 3. The van der Waals surface area contributed by atoms with E-state index in [4.69, 9.17) is 17.3 Å². The summed E-state index contributed by atoms with van der Waals surface area (Å²) in [4.78, 5) is 0. The first-order valence-corrected chi connectivity index (χ1v) is 5.09. The molecule has 17 heavy (non-hydrogen) atoms. The predicted octanol–water partition coefficient (Wildman–Crippen LogP) is 1.89. The van der Waals surface area contributed by atoms with Crippen molar-refractivity contribution in [2.45, 2.75) is 11.8 Å². The Morgan fingerprint density at radius 1 is 1.41 bits per heavy atom. The van der Waals surface area contributed by atoms with Crippen LogP contribution in [0.3, 0.4) is 0 Å². The number of likely N-dealkylation sites (N-methyl/N-ethyl adjacent to an activating group) is 1. The Labute approximate surface area is 101 Å². The van der Waals surface area contributed by atoms with Gasteiger partial charge in [-0.25, -0.2) is 0 Å². The van der Waals surface area contributed by atoms with Gasteiger partial charge in [0.1, 0.15) is 0 Å². The molecule has 0 aromatic heterocycles. The van der Waals surface area contributed by atoms with Crippen LogP contribution in [-0.2, 0) is 5.60 Å². The lowest BCUT2D eigenvalue weighted by Crippen LogP contribution is -2.49. The van der Waals surface area contributed by atoms with Crippen molar-refractivity contribution in [1.29, 1.82) is 0 Å². The van der Waals surface area contributed by atoms with Crippen LogP contribution in [0.2, 0.25) is 5.02 Å². The maximum Gasteiger partial charge on any atom is 0.422 e. The number of benzene rings is 1. The van der Waals surface area contributed by atoms with Gasteiger partial charge >= 0.3 is 6.18 Å². The molecule has 96 valence electrons. The minimum absolute atomic E-state index is 0.0768.